The van der Waals surface area contributed by atoms with E-state index in [2.05, 4.69) is 0 Å². The second-order valence-corrected chi connectivity index (χ2v) is 6.05. The second-order valence-electron chi connectivity index (χ2n) is 6.05. The number of methoxy groups -OCH3 is 2. The summed E-state index contributed by atoms with van der Waals surface area (Å²) < 4.78 is 10.2. The third-order valence-electron chi connectivity index (χ3n) is 4.46. The molecule has 0 spiro atoms. The number of ether oxygens (including phenoxy) is 2. The Labute approximate surface area is 129 Å². The molecule has 1 rings (SSSR count). The topological polar surface area (TPSA) is 64.8 Å². The van der Waals surface area contributed by atoms with Crippen molar-refractivity contribution in [2.24, 2.45) is 17.6 Å². The molecule has 0 aromatic heterocycles. The van der Waals surface area contributed by atoms with Crippen LogP contribution in [0.5, 0.6) is 0 Å². The van der Waals surface area contributed by atoms with E-state index >= 15 is 0 Å². The van der Waals surface area contributed by atoms with Crippen LogP contribution in [-0.2, 0) is 14.3 Å². The zero-order valence-corrected chi connectivity index (χ0v) is 13.7. The summed E-state index contributed by atoms with van der Waals surface area (Å²) in [7, 11) is 3.36. The molecular formula is C16H32N2O3. The maximum atomic E-state index is 12.5. The predicted molar refractivity (Wildman–Crippen MR) is 84.1 cm³/mol. The van der Waals surface area contributed by atoms with Crippen molar-refractivity contribution in [2.75, 3.05) is 47.1 Å². The number of nitrogens with zero attached hydrogens (tertiary/aromatic N) is 1. The van der Waals surface area contributed by atoms with Crippen LogP contribution in [0.25, 0.3) is 0 Å². The van der Waals surface area contributed by atoms with E-state index in [1.165, 1.54) is 12.8 Å². The Balaban J connectivity index is 2.36. The van der Waals surface area contributed by atoms with Gasteiger partial charge in [-0.05, 0) is 50.5 Å². The molecule has 0 radical (unpaired) electrons. The summed E-state index contributed by atoms with van der Waals surface area (Å²) in [6.07, 6.45) is 6.19. The van der Waals surface area contributed by atoms with Gasteiger partial charge in [0.25, 0.3) is 0 Å². The standard InChI is InChI=1S/C16H32N2O3/c1-20-10-3-8-18(9-11-21-2)16(19)12-14-4-6-15(13-17)7-5-14/h14-15H,3-13,17H2,1-2H3. The molecule has 5 nitrogen and oxygen atoms in total. The molecule has 21 heavy (non-hydrogen) atoms. The molecule has 1 aliphatic carbocycles. The maximum Gasteiger partial charge on any atom is 0.222 e. The lowest BCUT2D eigenvalue weighted by Crippen LogP contribution is -2.36. The van der Waals surface area contributed by atoms with Crippen molar-refractivity contribution in [3.8, 4) is 0 Å². The Morgan fingerprint density at radius 1 is 1.05 bits per heavy atom. The summed E-state index contributed by atoms with van der Waals surface area (Å²) >= 11 is 0. The number of rotatable bonds is 10. The first-order chi connectivity index (χ1) is 10.2. The van der Waals surface area contributed by atoms with Crippen LogP contribution in [0.3, 0.4) is 0 Å². The first-order valence-corrected chi connectivity index (χ1v) is 8.17. The molecule has 0 atom stereocenters. The van der Waals surface area contributed by atoms with E-state index in [0.717, 1.165) is 32.4 Å². The number of hydrogen-bond donors (Lipinski definition) is 1. The number of carbonyl (C=O) groups is 1. The van der Waals surface area contributed by atoms with Gasteiger partial charge in [-0.2, -0.15) is 0 Å². The Morgan fingerprint density at radius 2 is 1.67 bits per heavy atom. The molecule has 0 aliphatic heterocycles. The minimum Gasteiger partial charge on any atom is -0.385 e. The van der Waals surface area contributed by atoms with E-state index < -0.39 is 0 Å². The fraction of sp³-hybridized carbons (Fsp3) is 0.938. The molecule has 0 saturated heterocycles. The number of carbonyl (C=O) groups excluding carboxylic acids is 1. The monoisotopic (exact) mass is 300 g/mol. The first-order valence-electron chi connectivity index (χ1n) is 8.17. The number of nitrogens with two attached hydrogens (primary N) is 1. The smallest absolute Gasteiger partial charge is 0.222 e. The summed E-state index contributed by atoms with van der Waals surface area (Å²) in [4.78, 5) is 14.4. The van der Waals surface area contributed by atoms with Crippen LogP contribution in [-0.4, -0.2) is 57.9 Å². The van der Waals surface area contributed by atoms with Gasteiger partial charge in [0.15, 0.2) is 0 Å². The van der Waals surface area contributed by atoms with Gasteiger partial charge in [-0.25, -0.2) is 0 Å². The van der Waals surface area contributed by atoms with Gasteiger partial charge in [0, 0.05) is 40.3 Å². The minimum absolute atomic E-state index is 0.263. The fourth-order valence-electron chi connectivity index (χ4n) is 3.01. The molecule has 0 heterocycles. The fourth-order valence-corrected chi connectivity index (χ4v) is 3.01. The third kappa shape index (κ3) is 7.25. The molecule has 0 unspecified atom stereocenters. The van der Waals surface area contributed by atoms with Crippen molar-refractivity contribution < 1.29 is 14.3 Å². The first kappa shape index (κ1) is 18.4. The van der Waals surface area contributed by atoms with Gasteiger partial charge in [0.2, 0.25) is 5.91 Å². The minimum atomic E-state index is 0.263. The van der Waals surface area contributed by atoms with Crippen LogP contribution in [0.4, 0.5) is 0 Å². The van der Waals surface area contributed by atoms with Crippen molar-refractivity contribution in [1.82, 2.24) is 4.90 Å². The average Bonchev–Trinajstić information content (AvgIpc) is 2.51. The van der Waals surface area contributed by atoms with E-state index in [1.807, 2.05) is 4.90 Å². The van der Waals surface area contributed by atoms with E-state index in [1.54, 1.807) is 14.2 Å². The molecule has 0 bridgehead atoms. The van der Waals surface area contributed by atoms with E-state index in [9.17, 15) is 4.79 Å². The van der Waals surface area contributed by atoms with E-state index in [4.69, 9.17) is 15.2 Å². The lowest BCUT2D eigenvalue weighted by Gasteiger charge is -2.29. The zero-order chi connectivity index (χ0) is 15.5. The van der Waals surface area contributed by atoms with E-state index in [0.29, 0.717) is 38.0 Å². The molecule has 5 heteroatoms. The van der Waals surface area contributed by atoms with Gasteiger partial charge in [-0.15, -0.1) is 0 Å². The SMILES string of the molecule is COCCCN(CCOC)C(=O)CC1CCC(CN)CC1. The van der Waals surface area contributed by atoms with Gasteiger partial charge < -0.3 is 20.1 Å². The van der Waals surface area contributed by atoms with Crippen LogP contribution in [0.2, 0.25) is 0 Å². The van der Waals surface area contributed by atoms with E-state index in [-0.39, 0.29) is 5.91 Å². The number of hydrogen-bond acceptors (Lipinski definition) is 4. The molecule has 0 aromatic rings. The molecule has 1 fully saturated rings. The van der Waals surface area contributed by atoms with Crippen LogP contribution < -0.4 is 5.73 Å². The molecule has 1 aliphatic rings. The van der Waals surface area contributed by atoms with Crippen LogP contribution in [0, 0.1) is 11.8 Å². The lowest BCUT2D eigenvalue weighted by molar-refractivity contribution is -0.133. The third-order valence-corrected chi connectivity index (χ3v) is 4.46. The Bertz CT molecular complexity index is 279. The molecule has 2 N–H and O–H groups in total. The largest absolute Gasteiger partial charge is 0.385 e. The van der Waals surface area contributed by atoms with Gasteiger partial charge in [-0.3, -0.25) is 4.79 Å². The summed E-state index contributed by atoms with van der Waals surface area (Å²) in [5.41, 5.74) is 5.72. The summed E-state index contributed by atoms with van der Waals surface area (Å²) in [6, 6.07) is 0. The molecule has 0 aromatic carbocycles. The molecule has 124 valence electrons. The lowest BCUT2D eigenvalue weighted by atomic mass is 9.80. The predicted octanol–water partition coefficient (Wildman–Crippen LogP) is 1.65. The van der Waals surface area contributed by atoms with Gasteiger partial charge in [-0.1, -0.05) is 0 Å². The van der Waals surface area contributed by atoms with Crippen molar-refractivity contribution in [2.45, 2.75) is 38.5 Å². The van der Waals surface area contributed by atoms with Crippen molar-refractivity contribution in [3.05, 3.63) is 0 Å². The molecular weight excluding hydrogens is 268 g/mol. The second kappa shape index (κ2) is 11.0. The van der Waals surface area contributed by atoms with Crippen molar-refractivity contribution >= 4 is 5.91 Å². The van der Waals surface area contributed by atoms with Gasteiger partial charge in [0.1, 0.15) is 0 Å². The number of amides is 1. The normalized spacial score (nSPS) is 22.2. The summed E-state index contributed by atoms with van der Waals surface area (Å²) in [6.45, 7) is 3.51. The Kier molecular flexibility index (Phi) is 9.63. The van der Waals surface area contributed by atoms with Gasteiger partial charge in [0.05, 0.1) is 6.61 Å². The zero-order valence-electron chi connectivity index (χ0n) is 13.7. The average molecular weight is 300 g/mol. The highest BCUT2D eigenvalue weighted by Crippen LogP contribution is 2.30. The van der Waals surface area contributed by atoms with Crippen molar-refractivity contribution in [3.63, 3.8) is 0 Å². The van der Waals surface area contributed by atoms with Crippen LogP contribution in [0.1, 0.15) is 38.5 Å². The Morgan fingerprint density at radius 3 is 2.24 bits per heavy atom. The molecule has 1 amide bonds. The summed E-state index contributed by atoms with van der Waals surface area (Å²) in [5.74, 6) is 1.47. The summed E-state index contributed by atoms with van der Waals surface area (Å²) in [5, 5.41) is 0. The molecule has 1 saturated carbocycles. The highest BCUT2D eigenvalue weighted by molar-refractivity contribution is 5.76. The highest BCUT2D eigenvalue weighted by Gasteiger charge is 2.24. The quantitative estimate of drug-likeness (QED) is 0.623. The maximum absolute atomic E-state index is 12.5. The van der Waals surface area contributed by atoms with Crippen LogP contribution >= 0.6 is 0 Å². The Hall–Kier alpha value is -0.650. The highest BCUT2D eigenvalue weighted by atomic mass is 16.5. The van der Waals surface area contributed by atoms with Crippen LogP contribution in [0.15, 0.2) is 0 Å². The van der Waals surface area contributed by atoms with Gasteiger partial charge >= 0.3 is 0 Å². The van der Waals surface area contributed by atoms with Crippen molar-refractivity contribution in [1.29, 1.82) is 0 Å².